The molecule has 0 aliphatic carbocycles. The van der Waals surface area contributed by atoms with Gasteiger partial charge in [-0.3, -0.25) is 0 Å². The van der Waals surface area contributed by atoms with Gasteiger partial charge in [0.05, 0.1) is 5.56 Å². The SMILES string of the molecule is BOC(=O)c1ccccc1. The molecule has 1 aromatic carbocycles. The van der Waals surface area contributed by atoms with E-state index in [4.69, 9.17) is 0 Å². The van der Waals surface area contributed by atoms with Gasteiger partial charge in [-0.1, -0.05) is 18.2 Å². The summed E-state index contributed by atoms with van der Waals surface area (Å²) in [6.45, 7) is 0. The summed E-state index contributed by atoms with van der Waals surface area (Å²) in [6.07, 6.45) is 0. The molecular weight excluding hydrogens is 127 g/mol. The van der Waals surface area contributed by atoms with Crippen molar-refractivity contribution in [2.75, 3.05) is 0 Å². The molecule has 0 fully saturated rings. The summed E-state index contributed by atoms with van der Waals surface area (Å²) in [5.74, 6) is -0.291. The number of hydrogen-bond acceptors (Lipinski definition) is 2. The van der Waals surface area contributed by atoms with Gasteiger partial charge in [-0.05, 0) is 12.1 Å². The highest BCUT2D eigenvalue weighted by Gasteiger charge is 1.99. The molecule has 0 heterocycles. The van der Waals surface area contributed by atoms with Crippen molar-refractivity contribution in [3.8, 4) is 0 Å². The van der Waals surface area contributed by atoms with E-state index in [0.29, 0.717) is 5.56 Å². The van der Waals surface area contributed by atoms with Crippen LogP contribution in [0, 0.1) is 0 Å². The van der Waals surface area contributed by atoms with Crippen molar-refractivity contribution in [2.45, 2.75) is 0 Å². The van der Waals surface area contributed by atoms with Crippen LogP contribution in [0.5, 0.6) is 0 Å². The summed E-state index contributed by atoms with van der Waals surface area (Å²) in [6, 6.07) is 8.88. The molecule has 0 bridgehead atoms. The van der Waals surface area contributed by atoms with E-state index in [2.05, 4.69) is 4.65 Å². The zero-order chi connectivity index (χ0) is 7.40. The van der Waals surface area contributed by atoms with Crippen LogP contribution >= 0.6 is 0 Å². The topological polar surface area (TPSA) is 26.3 Å². The Morgan fingerprint density at radius 3 is 2.40 bits per heavy atom. The Labute approximate surface area is 60.3 Å². The molecule has 0 saturated heterocycles. The van der Waals surface area contributed by atoms with Crippen molar-refractivity contribution in [2.24, 2.45) is 0 Å². The van der Waals surface area contributed by atoms with Crippen LogP contribution in [-0.2, 0) is 4.65 Å². The second-order valence-electron chi connectivity index (χ2n) is 1.86. The third-order valence-electron chi connectivity index (χ3n) is 1.19. The summed E-state index contributed by atoms with van der Waals surface area (Å²) in [5, 5.41) is 0. The molecule has 50 valence electrons. The fourth-order valence-corrected chi connectivity index (χ4v) is 0.692. The number of benzene rings is 1. The van der Waals surface area contributed by atoms with E-state index in [0.717, 1.165) is 0 Å². The van der Waals surface area contributed by atoms with Crippen LogP contribution in [0.15, 0.2) is 30.3 Å². The lowest BCUT2D eigenvalue weighted by Gasteiger charge is -1.96. The molecule has 0 spiro atoms. The molecular formula is C7H7BO2. The van der Waals surface area contributed by atoms with Crippen molar-refractivity contribution in [1.29, 1.82) is 0 Å². The van der Waals surface area contributed by atoms with Gasteiger partial charge in [-0.25, -0.2) is 4.79 Å². The third-order valence-corrected chi connectivity index (χ3v) is 1.19. The molecule has 1 rings (SSSR count). The molecule has 10 heavy (non-hydrogen) atoms. The van der Waals surface area contributed by atoms with Crippen molar-refractivity contribution in [3.63, 3.8) is 0 Å². The van der Waals surface area contributed by atoms with Crippen LogP contribution in [-0.4, -0.2) is 14.0 Å². The van der Waals surface area contributed by atoms with Crippen molar-refractivity contribution in [3.05, 3.63) is 35.9 Å². The zero-order valence-corrected chi connectivity index (χ0v) is 5.70. The van der Waals surface area contributed by atoms with Gasteiger partial charge >= 0.3 is 14.0 Å². The maximum Gasteiger partial charge on any atom is 0.326 e. The molecule has 0 amide bonds. The van der Waals surface area contributed by atoms with E-state index in [-0.39, 0.29) is 5.97 Å². The predicted octanol–water partition coefficient (Wildman–Crippen LogP) is 0.391. The first-order chi connectivity index (χ1) is 4.84. The van der Waals surface area contributed by atoms with Gasteiger partial charge in [0, 0.05) is 0 Å². The minimum atomic E-state index is -0.291. The predicted molar refractivity (Wildman–Crippen MR) is 40.4 cm³/mol. The maximum absolute atomic E-state index is 10.8. The molecule has 0 atom stereocenters. The van der Waals surface area contributed by atoms with Gasteiger partial charge in [0.1, 0.15) is 0 Å². The zero-order valence-electron chi connectivity index (χ0n) is 5.70. The second-order valence-corrected chi connectivity index (χ2v) is 1.86. The van der Waals surface area contributed by atoms with Gasteiger partial charge in [0.25, 0.3) is 0 Å². The summed E-state index contributed by atoms with van der Waals surface area (Å²) in [4.78, 5) is 10.8. The van der Waals surface area contributed by atoms with Crippen LogP contribution in [0.3, 0.4) is 0 Å². The molecule has 0 unspecified atom stereocenters. The van der Waals surface area contributed by atoms with Gasteiger partial charge in [0.15, 0.2) is 0 Å². The van der Waals surface area contributed by atoms with E-state index < -0.39 is 0 Å². The Morgan fingerprint density at radius 2 is 1.90 bits per heavy atom. The lowest BCUT2D eigenvalue weighted by atomic mass is 10.2. The van der Waals surface area contributed by atoms with Crippen LogP contribution in [0.4, 0.5) is 0 Å². The molecule has 0 aliphatic rings. The van der Waals surface area contributed by atoms with E-state index >= 15 is 0 Å². The van der Waals surface area contributed by atoms with Gasteiger partial charge in [0.2, 0.25) is 0 Å². The third kappa shape index (κ3) is 1.38. The Balaban J connectivity index is 2.85. The monoisotopic (exact) mass is 134 g/mol. The highest BCUT2D eigenvalue weighted by Crippen LogP contribution is 1.98. The highest BCUT2D eigenvalue weighted by atomic mass is 16.5. The van der Waals surface area contributed by atoms with Crippen molar-refractivity contribution in [1.82, 2.24) is 0 Å². The Morgan fingerprint density at radius 1 is 1.30 bits per heavy atom. The first kappa shape index (κ1) is 6.87. The molecule has 3 heteroatoms. The average Bonchev–Trinajstić information content (AvgIpc) is 2.05. The average molecular weight is 134 g/mol. The van der Waals surface area contributed by atoms with E-state index in [9.17, 15) is 4.79 Å². The smallest absolute Gasteiger partial charge is 0.326 e. The number of rotatable bonds is 1. The Kier molecular flexibility index (Phi) is 2.10. The maximum atomic E-state index is 10.8. The fourth-order valence-electron chi connectivity index (χ4n) is 0.692. The Bertz CT molecular complexity index is 220. The molecule has 2 nitrogen and oxygen atoms in total. The molecule has 0 N–H and O–H groups in total. The molecule has 0 saturated carbocycles. The number of carbonyl (C=O) groups excluding carboxylic acids is 1. The summed E-state index contributed by atoms with van der Waals surface area (Å²) in [7, 11) is 1.37. The minimum Gasteiger partial charge on any atom is -0.540 e. The van der Waals surface area contributed by atoms with E-state index in [1.165, 1.54) is 8.05 Å². The quantitative estimate of drug-likeness (QED) is 0.519. The number of hydrogen-bond donors (Lipinski definition) is 0. The van der Waals surface area contributed by atoms with Gasteiger partial charge in [-0.2, -0.15) is 0 Å². The summed E-state index contributed by atoms with van der Waals surface area (Å²) >= 11 is 0. The van der Waals surface area contributed by atoms with E-state index in [1.54, 1.807) is 24.3 Å². The van der Waals surface area contributed by atoms with Crippen molar-refractivity contribution >= 4 is 14.0 Å². The number of carbonyl (C=O) groups is 1. The minimum absolute atomic E-state index is 0.291. The normalized spacial score (nSPS) is 8.80. The molecule has 0 aromatic heterocycles. The first-order valence-electron chi connectivity index (χ1n) is 2.98. The fraction of sp³-hybridized carbons (Fsp3) is 0. The van der Waals surface area contributed by atoms with E-state index in [1.807, 2.05) is 6.07 Å². The van der Waals surface area contributed by atoms with Crippen LogP contribution in [0.1, 0.15) is 10.4 Å². The Hall–Kier alpha value is -1.25. The lowest BCUT2D eigenvalue weighted by Crippen LogP contribution is -2.00. The highest BCUT2D eigenvalue weighted by molar-refractivity contribution is 6.09. The molecule has 0 aliphatic heterocycles. The summed E-state index contributed by atoms with van der Waals surface area (Å²) < 4.78 is 4.50. The van der Waals surface area contributed by atoms with Crippen molar-refractivity contribution < 1.29 is 9.45 Å². The molecule has 0 radical (unpaired) electrons. The lowest BCUT2D eigenvalue weighted by molar-refractivity contribution is 0.0749. The van der Waals surface area contributed by atoms with Gasteiger partial charge < -0.3 is 4.65 Å². The largest absolute Gasteiger partial charge is 0.540 e. The van der Waals surface area contributed by atoms with Gasteiger partial charge in [-0.15, -0.1) is 0 Å². The second kappa shape index (κ2) is 3.06. The van der Waals surface area contributed by atoms with Crippen LogP contribution < -0.4 is 0 Å². The van der Waals surface area contributed by atoms with Crippen LogP contribution in [0.2, 0.25) is 0 Å². The standard InChI is InChI=1S/C7H7BO2/c8-10-7(9)6-4-2-1-3-5-6/h1-5H,8H2. The first-order valence-corrected chi connectivity index (χ1v) is 2.98. The van der Waals surface area contributed by atoms with Crippen LogP contribution in [0.25, 0.3) is 0 Å². The summed E-state index contributed by atoms with van der Waals surface area (Å²) in [5.41, 5.74) is 0.588. The molecule has 1 aromatic rings.